The molecular weight excluding hydrogens is 468 g/mol. The number of aromatic nitrogens is 3. The van der Waals surface area contributed by atoms with Crippen LogP contribution in [-0.4, -0.2) is 52.8 Å². The molecule has 36 heavy (non-hydrogen) atoms. The second-order valence-corrected chi connectivity index (χ2v) is 9.88. The molecule has 6 rings (SSSR count). The average Bonchev–Trinajstić information content (AvgIpc) is 3.49. The lowest BCUT2D eigenvalue weighted by Crippen LogP contribution is -2.46. The van der Waals surface area contributed by atoms with Crippen molar-refractivity contribution in [1.82, 2.24) is 15.0 Å². The summed E-state index contributed by atoms with van der Waals surface area (Å²) in [5, 5.41) is 5.00. The molecule has 1 saturated heterocycles. The molecule has 1 amide bonds. The second kappa shape index (κ2) is 9.99. The maximum atomic E-state index is 12.4. The molecule has 0 aliphatic carbocycles. The van der Waals surface area contributed by atoms with Gasteiger partial charge in [0.2, 0.25) is 5.91 Å². The number of carbonyl (C=O) groups is 1. The van der Waals surface area contributed by atoms with E-state index in [9.17, 15) is 4.79 Å². The van der Waals surface area contributed by atoms with E-state index in [-0.39, 0.29) is 11.8 Å². The van der Waals surface area contributed by atoms with Gasteiger partial charge in [0.15, 0.2) is 0 Å². The van der Waals surface area contributed by atoms with Gasteiger partial charge in [-0.3, -0.25) is 14.8 Å². The number of hydrogen-bond acceptors (Lipinski definition) is 7. The highest BCUT2D eigenvalue weighted by atomic mass is 32.2. The van der Waals surface area contributed by atoms with E-state index < -0.39 is 0 Å². The lowest BCUT2D eigenvalue weighted by atomic mass is 10.0. The highest BCUT2D eigenvalue weighted by Gasteiger charge is 2.20. The molecule has 2 aromatic heterocycles. The lowest BCUT2D eigenvalue weighted by molar-refractivity contribution is -0.117. The summed E-state index contributed by atoms with van der Waals surface area (Å²) in [5.41, 5.74) is 5.92. The van der Waals surface area contributed by atoms with Crippen LogP contribution in [0.1, 0.15) is 0 Å². The van der Waals surface area contributed by atoms with Crippen LogP contribution in [0, 0.1) is 5.92 Å². The molecule has 7 nitrogen and oxygen atoms in total. The van der Waals surface area contributed by atoms with E-state index in [0.29, 0.717) is 0 Å². The molecule has 1 atom stereocenters. The topological polar surface area (TPSA) is 74.2 Å². The summed E-state index contributed by atoms with van der Waals surface area (Å²) in [5.74, 6) is 1.71. The fraction of sp³-hybridized carbons (Fsp3) is 0.214. The van der Waals surface area contributed by atoms with Crippen LogP contribution in [0.5, 0.6) is 0 Å². The minimum atomic E-state index is -0.0541. The van der Waals surface area contributed by atoms with E-state index in [1.807, 2.05) is 60.4 Å². The van der Waals surface area contributed by atoms with Crippen molar-refractivity contribution in [2.24, 2.45) is 5.92 Å². The van der Waals surface area contributed by atoms with E-state index >= 15 is 0 Å². The summed E-state index contributed by atoms with van der Waals surface area (Å²) in [6.07, 6.45) is 7.51. The third-order valence-electron chi connectivity index (χ3n) is 6.67. The summed E-state index contributed by atoms with van der Waals surface area (Å²) in [7, 11) is 0. The maximum Gasteiger partial charge on any atom is 0.232 e. The van der Waals surface area contributed by atoms with Gasteiger partial charge in [-0.15, -0.1) is 11.8 Å². The minimum absolute atomic E-state index is 0.0409. The van der Waals surface area contributed by atoms with Gasteiger partial charge >= 0.3 is 0 Å². The van der Waals surface area contributed by atoms with Gasteiger partial charge in [-0.1, -0.05) is 24.3 Å². The van der Waals surface area contributed by atoms with Crippen molar-refractivity contribution >= 4 is 45.9 Å². The van der Waals surface area contributed by atoms with Crippen molar-refractivity contribution in [2.75, 3.05) is 47.0 Å². The largest absolute Gasteiger partial charge is 0.368 e. The van der Waals surface area contributed by atoms with Crippen LogP contribution in [0.2, 0.25) is 0 Å². The van der Waals surface area contributed by atoms with Crippen LogP contribution >= 0.6 is 11.8 Å². The maximum absolute atomic E-state index is 12.4. The molecule has 0 saturated carbocycles. The van der Waals surface area contributed by atoms with Crippen molar-refractivity contribution in [3.05, 3.63) is 84.7 Å². The first-order chi connectivity index (χ1) is 17.7. The number of pyridine rings is 1. The molecule has 2 aromatic carbocycles. The molecular formula is C28H26N6OS. The molecule has 4 heterocycles. The Morgan fingerprint density at radius 1 is 0.889 bits per heavy atom. The van der Waals surface area contributed by atoms with Crippen LogP contribution in [0.4, 0.5) is 17.2 Å². The summed E-state index contributed by atoms with van der Waals surface area (Å²) >= 11 is 1.67. The van der Waals surface area contributed by atoms with Gasteiger partial charge in [0, 0.05) is 55.7 Å². The number of anilines is 3. The van der Waals surface area contributed by atoms with Crippen molar-refractivity contribution in [3.63, 3.8) is 0 Å². The quantitative estimate of drug-likeness (QED) is 0.426. The second-order valence-electron chi connectivity index (χ2n) is 8.95. The zero-order valence-electron chi connectivity index (χ0n) is 19.7. The summed E-state index contributed by atoms with van der Waals surface area (Å²) in [6, 6.07) is 18.3. The normalized spacial score (nSPS) is 17.5. The number of nitrogens with one attached hydrogen (secondary N) is 1. The van der Waals surface area contributed by atoms with Crippen LogP contribution in [-0.2, 0) is 4.79 Å². The molecule has 2 aliphatic heterocycles. The van der Waals surface area contributed by atoms with Gasteiger partial charge in [0.1, 0.15) is 5.82 Å². The highest BCUT2D eigenvalue weighted by Crippen LogP contribution is 2.27. The molecule has 0 radical (unpaired) electrons. The summed E-state index contributed by atoms with van der Waals surface area (Å²) in [4.78, 5) is 30.8. The van der Waals surface area contributed by atoms with E-state index in [1.165, 1.54) is 5.69 Å². The van der Waals surface area contributed by atoms with E-state index in [1.54, 1.807) is 11.8 Å². The molecule has 1 fully saturated rings. The fourth-order valence-corrected chi connectivity index (χ4v) is 5.47. The first-order valence-corrected chi connectivity index (χ1v) is 13.1. The van der Waals surface area contributed by atoms with E-state index in [0.717, 1.165) is 65.6 Å². The Balaban J connectivity index is 1.16. The van der Waals surface area contributed by atoms with Gasteiger partial charge in [-0.05, 0) is 52.9 Å². The Bertz CT molecular complexity index is 1400. The Morgan fingerprint density at radius 3 is 2.39 bits per heavy atom. The lowest BCUT2D eigenvalue weighted by Gasteiger charge is -2.36. The van der Waals surface area contributed by atoms with Gasteiger partial charge in [-0.25, -0.2) is 4.98 Å². The third kappa shape index (κ3) is 4.77. The first kappa shape index (κ1) is 22.5. The van der Waals surface area contributed by atoms with Crippen LogP contribution < -0.4 is 15.1 Å². The summed E-state index contributed by atoms with van der Waals surface area (Å²) < 4.78 is 0. The zero-order valence-corrected chi connectivity index (χ0v) is 20.6. The molecule has 0 spiro atoms. The highest BCUT2D eigenvalue weighted by molar-refractivity contribution is 8.02. The molecule has 8 heteroatoms. The predicted octanol–water partition coefficient (Wildman–Crippen LogP) is 4.83. The number of fused-ring (bicyclic) bond motifs is 1. The number of nitrogens with zero attached hydrogens (tertiary/aromatic N) is 5. The van der Waals surface area contributed by atoms with Crippen molar-refractivity contribution < 1.29 is 4.79 Å². The van der Waals surface area contributed by atoms with Crippen molar-refractivity contribution in [2.45, 2.75) is 0 Å². The number of piperazine rings is 1. The van der Waals surface area contributed by atoms with Crippen molar-refractivity contribution in [1.29, 1.82) is 0 Å². The fourth-order valence-electron chi connectivity index (χ4n) is 4.59. The SMILES string of the molecule is O=C(Nc1ccc(-c2ccc3ncc(N4CCN(c5ccncc5)CC4)nc3c2)cc1)C1C=CSC1. The zero-order chi connectivity index (χ0) is 24.3. The number of rotatable bonds is 5. The number of hydrogen-bond donors (Lipinski definition) is 1. The Hall–Kier alpha value is -3.91. The van der Waals surface area contributed by atoms with Gasteiger partial charge in [-0.2, -0.15) is 0 Å². The molecule has 1 N–H and O–H groups in total. The predicted molar refractivity (Wildman–Crippen MR) is 147 cm³/mol. The molecule has 180 valence electrons. The van der Waals surface area contributed by atoms with Gasteiger partial charge in [0.25, 0.3) is 0 Å². The first-order valence-electron chi connectivity index (χ1n) is 12.1. The standard InChI is InChI=1S/C28H26N6OS/c35-28(22-9-16-36-19-22)31-23-4-1-20(2-5-23)21-3-6-25-26(17-21)32-27(18-30-25)34-14-12-33(13-15-34)24-7-10-29-11-8-24/h1-11,16-18,22H,12-15,19H2,(H,31,35). The smallest absolute Gasteiger partial charge is 0.232 e. The Kier molecular flexibility index (Phi) is 6.26. The monoisotopic (exact) mass is 494 g/mol. The van der Waals surface area contributed by atoms with E-state index in [4.69, 9.17) is 4.98 Å². The number of thioether (sulfide) groups is 1. The number of amides is 1. The minimum Gasteiger partial charge on any atom is -0.368 e. The Morgan fingerprint density at radius 2 is 1.64 bits per heavy atom. The molecule has 1 unspecified atom stereocenters. The van der Waals surface area contributed by atoms with Crippen LogP contribution in [0.3, 0.4) is 0 Å². The number of benzene rings is 2. The third-order valence-corrected chi connectivity index (χ3v) is 7.57. The summed E-state index contributed by atoms with van der Waals surface area (Å²) in [6.45, 7) is 3.65. The molecule has 4 aromatic rings. The average molecular weight is 495 g/mol. The van der Waals surface area contributed by atoms with Gasteiger partial charge in [0.05, 0.1) is 23.1 Å². The van der Waals surface area contributed by atoms with Gasteiger partial charge < -0.3 is 15.1 Å². The Labute approximate surface area is 214 Å². The molecule has 2 aliphatic rings. The van der Waals surface area contributed by atoms with E-state index in [2.05, 4.69) is 49.4 Å². The van der Waals surface area contributed by atoms with Crippen LogP contribution in [0.15, 0.2) is 84.7 Å². The number of carbonyl (C=O) groups excluding carboxylic acids is 1. The van der Waals surface area contributed by atoms with Crippen molar-refractivity contribution in [3.8, 4) is 11.1 Å². The van der Waals surface area contributed by atoms with Crippen LogP contribution in [0.25, 0.3) is 22.2 Å². The molecule has 0 bridgehead atoms.